The highest BCUT2D eigenvalue weighted by molar-refractivity contribution is 5.12. The van der Waals surface area contributed by atoms with E-state index in [1.807, 2.05) is 0 Å². The van der Waals surface area contributed by atoms with E-state index in [1.165, 1.54) is 70.6 Å². The average molecular weight is 361 g/mol. The standard InChI is InChI=1S/C26H48/c1-8-10-15-23(9-2)26-17-12-11-16-24(26)19-22(7)25(21(5)6)18-13-14-20(3)4/h9,20-21,24-26H,7-8,10-19H2,1-6H3. The first kappa shape index (κ1) is 23.5. The lowest BCUT2D eigenvalue weighted by Gasteiger charge is -2.36. The third-order valence-corrected chi connectivity index (χ3v) is 6.73. The van der Waals surface area contributed by atoms with Crippen molar-refractivity contribution in [2.24, 2.45) is 29.6 Å². The van der Waals surface area contributed by atoms with E-state index in [9.17, 15) is 0 Å². The highest BCUT2D eigenvalue weighted by Crippen LogP contribution is 2.42. The molecule has 0 spiro atoms. The lowest BCUT2D eigenvalue weighted by atomic mass is 9.69. The van der Waals surface area contributed by atoms with E-state index in [4.69, 9.17) is 0 Å². The van der Waals surface area contributed by atoms with Crippen LogP contribution in [0.4, 0.5) is 0 Å². The second kappa shape index (κ2) is 12.8. The van der Waals surface area contributed by atoms with E-state index < -0.39 is 0 Å². The van der Waals surface area contributed by atoms with Gasteiger partial charge in [0.05, 0.1) is 0 Å². The molecular formula is C26H48. The van der Waals surface area contributed by atoms with Gasteiger partial charge in [0.2, 0.25) is 0 Å². The summed E-state index contributed by atoms with van der Waals surface area (Å²) in [5, 5.41) is 0. The Bertz CT molecular complexity index is 412. The summed E-state index contributed by atoms with van der Waals surface area (Å²) in [5.41, 5.74) is 3.32. The van der Waals surface area contributed by atoms with Crippen molar-refractivity contribution >= 4 is 0 Å². The molecule has 0 heterocycles. The van der Waals surface area contributed by atoms with Gasteiger partial charge in [-0.25, -0.2) is 0 Å². The van der Waals surface area contributed by atoms with Gasteiger partial charge < -0.3 is 0 Å². The minimum Gasteiger partial charge on any atom is -0.0996 e. The summed E-state index contributed by atoms with van der Waals surface area (Å²) in [4.78, 5) is 0. The van der Waals surface area contributed by atoms with E-state index >= 15 is 0 Å². The van der Waals surface area contributed by atoms with Crippen LogP contribution >= 0.6 is 0 Å². The third-order valence-electron chi connectivity index (χ3n) is 6.73. The SMILES string of the molecule is C=C(CC1CCCCC1C(=CC)CCCC)C(CCCC(C)C)C(C)C. The van der Waals surface area contributed by atoms with E-state index in [0.29, 0.717) is 0 Å². The first-order valence-corrected chi connectivity index (χ1v) is 11.7. The van der Waals surface area contributed by atoms with Crippen molar-refractivity contribution in [2.45, 2.75) is 112 Å². The quantitative estimate of drug-likeness (QED) is 0.305. The van der Waals surface area contributed by atoms with Gasteiger partial charge >= 0.3 is 0 Å². The Morgan fingerprint density at radius 2 is 1.73 bits per heavy atom. The van der Waals surface area contributed by atoms with Crippen molar-refractivity contribution in [1.29, 1.82) is 0 Å². The predicted molar refractivity (Wildman–Crippen MR) is 120 cm³/mol. The minimum atomic E-state index is 0.723. The molecule has 0 aliphatic heterocycles. The molecule has 0 radical (unpaired) electrons. The Morgan fingerprint density at radius 3 is 2.31 bits per heavy atom. The molecule has 26 heavy (non-hydrogen) atoms. The maximum Gasteiger partial charge on any atom is -0.0172 e. The average Bonchev–Trinajstić information content (AvgIpc) is 2.60. The smallest absolute Gasteiger partial charge is 0.0172 e. The van der Waals surface area contributed by atoms with Crippen LogP contribution in [0.5, 0.6) is 0 Å². The summed E-state index contributed by atoms with van der Waals surface area (Å²) >= 11 is 0. The fraction of sp³-hybridized carbons (Fsp3) is 0.846. The van der Waals surface area contributed by atoms with Crippen LogP contribution in [0.2, 0.25) is 0 Å². The van der Waals surface area contributed by atoms with Crippen LogP contribution in [0.1, 0.15) is 112 Å². The molecular weight excluding hydrogens is 312 g/mol. The molecule has 0 bridgehead atoms. The summed E-state index contributed by atoms with van der Waals surface area (Å²) < 4.78 is 0. The summed E-state index contributed by atoms with van der Waals surface area (Å²) in [6.07, 6.45) is 17.5. The van der Waals surface area contributed by atoms with Gasteiger partial charge in [0.1, 0.15) is 0 Å². The highest BCUT2D eigenvalue weighted by Gasteiger charge is 2.29. The molecule has 0 aromatic carbocycles. The molecule has 1 saturated carbocycles. The maximum absolute atomic E-state index is 4.63. The molecule has 3 atom stereocenters. The number of allylic oxidation sites excluding steroid dienone is 3. The molecule has 0 aromatic rings. The van der Waals surface area contributed by atoms with E-state index in [-0.39, 0.29) is 0 Å². The topological polar surface area (TPSA) is 0 Å². The highest BCUT2D eigenvalue weighted by atomic mass is 14.3. The van der Waals surface area contributed by atoms with Crippen molar-refractivity contribution < 1.29 is 0 Å². The van der Waals surface area contributed by atoms with Gasteiger partial charge in [-0.05, 0) is 75.0 Å². The Hall–Kier alpha value is -0.520. The van der Waals surface area contributed by atoms with Crippen LogP contribution in [0, 0.1) is 29.6 Å². The molecule has 152 valence electrons. The Morgan fingerprint density at radius 1 is 1.04 bits per heavy atom. The predicted octanol–water partition coefficient (Wildman–Crippen LogP) is 8.97. The monoisotopic (exact) mass is 360 g/mol. The first-order valence-electron chi connectivity index (χ1n) is 11.7. The van der Waals surface area contributed by atoms with Crippen LogP contribution in [0.3, 0.4) is 0 Å². The van der Waals surface area contributed by atoms with E-state index in [2.05, 4.69) is 54.2 Å². The zero-order valence-corrected chi connectivity index (χ0v) is 18.9. The molecule has 0 saturated heterocycles. The van der Waals surface area contributed by atoms with Crippen LogP contribution < -0.4 is 0 Å². The van der Waals surface area contributed by atoms with E-state index in [0.717, 1.165) is 29.6 Å². The fourth-order valence-electron chi connectivity index (χ4n) is 5.11. The normalized spacial score (nSPS) is 22.8. The third kappa shape index (κ3) is 8.01. The second-order valence-electron chi connectivity index (χ2n) is 9.66. The molecule has 0 nitrogen and oxygen atoms in total. The zero-order chi connectivity index (χ0) is 19.5. The van der Waals surface area contributed by atoms with Crippen molar-refractivity contribution in [3.63, 3.8) is 0 Å². The first-order chi connectivity index (χ1) is 12.4. The largest absolute Gasteiger partial charge is 0.0996 e. The second-order valence-corrected chi connectivity index (χ2v) is 9.66. The number of unbranched alkanes of at least 4 members (excludes halogenated alkanes) is 1. The van der Waals surface area contributed by atoms with Crippen molar-refractivity contribution in [3.8, 4) is 0 Å². The molecule has 0 amide bonds. The van der Waals surface area contributed by atoms with Crippen LogP contribution in [0.15, 0.2) is 23.8 Å². The lowest BCUT2D eigenvalue weighted by molar-refractivity contribution is 0.251. The van der Waals surface area contributed by atoms with Gasteiger partial charge in [-0.3, -0.25) is 0 Å². The number of hydrogen-bond donors (Lipinski definition) is 0. The summed E-state index contributed by atoms with van der Waals surface area (Å²) in [5.74, 6) is 3.97. The summed E-state index contributed by atoms with van der Waals surface area (Å²) in [7, 11) is 0. The Kier molecular flexibility index (Phi) is 11.6. The fourth-order valence-corrected chi connectivity index (χ4v) is 5.11. The summed E-state index contributed by atoms with van der Waals surface area (Å²) in [6, 6.07) is 0. The van der Waals surface area contributed by atoms with Crippen molar-refractivity contribution in [2.75, 3.05) is 0 Å². The summed E-state index contributed by atoms with van der Waals surface area (Å²) in [6.45, 7) is 18.7. The van der Waals surface area contributed by atoms with Gasteiger partial charge in [-0.2, -0.15) is 0 Å². The molecule has 3 unspecified atom stereocenters. The van der Waals surface area contributed by atoms with Crippen molar-refractivity contribution in [1.82, 2.24) is 0 Å². The van der Waals surface area contributed by atoms with Gasteiger partial charge in [0.15, 0.2) is 0 Å². The molecule has 1 rings (SSSR count). The molecule has 1 aliphatic rings. The molecule has 0 N–H and O–H groups in total. The van der Waals surface area contributed by atoms with Crippen molar-refractivity contribution in [3.05, 3.63) is 23.8 Å². The minimum absolute atomic E-state index is 0.723. The van der Waals surface area contributed by atoms with Gasteiger partial charge in [0, 0.05) is 0 Å². The van der Waals surface area contributed by atoms with Gasteiger partial charge in [-0.1, -0.05) is 90.5 Å². The van der Waals surface area contributed by atoms with Crippen LogP contribution in [-0.4, -0.2) is 0 Å². The zero-order valence-electron chi connectivity index (χ0n) is 18.9. The van der Waals surface area contributed by atoms with Crippen LogP contribution in [0.25, 0.3) is 0 Å². The number of hydrogen-bond acceptors (Lipinski definition) is 0. The molecule has 0 aromatic heterocycles. The Labute approximate surface area is 165 Å². The molecule has 1 aliphatic carbocycles. The Balaban J connectivity index is 2.71. The van der Waals surface area contributed by atoms with E-state index in [1.54, 1.807) is 11.1 Å². The van der Waals surface area contributed by atoms with Crippen LogP contribution in [-0.2, 0) is 0 Å². The molecule has 1 fully saturated rings. The number of rotatable bonds is 12. The lowest BCUT2D eigenvalue weighted by Crippen LogP contribution is -2.24. The molecule has 0 heteroatoms. The maximum atomic E-state index is 4.63. The van der Waals surface area contributed by atoms with Gasteiger partial charge in [-0.15, -0.1) is 0 Å². The van der Waals surface area contributed by atoms with Gasteiger partial charge in [0.25, 0.3) is 0 Å².